The van der Waals surface area contributed by atoms with Crippen molar-refractivity contribution in [3.63, 3.8) is 0 Å². The Morgan fingerprint density at radius 3 is 2.62 bits per heavy atom. The summed E-state index contributed by atoms with van der Waals surface area (Å²) in [5.41, 5.74) is 1.12. The van der Waals surface area contributed by atoms with Crippen molar-refractivity contribution in [2.75, 3.05) is 36.4 Å². The number of ether oxygens (including phenoxy) is 1. The van der Waals surface area contributed by atoms with Crippen molar-refractivity contribution in [2.45, 2.75) is 13.5 Å². The van der Waals surface area contributed by atoms with E-state index in [4.69, 9.17) is 0 Å². The third-order valence-electron chi connectivity index (χ3n) is 3.97. The highest BCUT2D eigenvalue weighted by molar-refractivity contribution is 6.02. The van der Waals surface area contributed by atoms with E-state index in [1.54, 1.807) is 25.1 Å². The third kappa shape index (κ3) is 4.42. The number of anilines is 2. The van der Waals surface area contributed by atoms with Crippen molar-refractivity contribution in [1.29, 1.82) is 0 Å². The molecule has 1 fully saturated rings. The number of aromatic nitrogens is 2. The molecule has 0 saturated carbocycles. The molecule has 1 aromatic heterocycles. The quantitative estimate of drug-likeness (QED) is 0.847. The molecule has 1 aromatic carbocycles. The molecule has 1 aliphatic rings. The first-order valence-electron chi connectivity index (χ1n) is 8.19. The minimum atomic E-state index is -2.89. The van der Waals surface area contributed by atoms with Crippen LogP contribution in [0.3, 0.4) is 0 Å². The SMILES string of the molecule is Cc1cc(NC(=O)c2ccc(N3CCNCC3)nn2)ccc1OC(F)F. The highest BCUT2D eigenvalue weighted by atomic mass is 19.3. The summed E-state index contributed by atoms with van der Waals surface area (Å²) in [5.74, 6) is 0.372. The lowest BCUT2D eigenvalue weighted by Gasteiger charge is -2.27. The summed E-state index contributed by atoms with van der Waals surface area (Å²) >= 11 is 0. The Kier molecular flexibility index (Phi) is 5.57. The topological polar surface area (TPSA) is 79.4 Å². The minimum absolute atomic E-state index is 0.0677. The van der Waals surface area contributed by atoms with E-state index in [0.29, 0.717) is 11.3 Å². The van der Waals surface area contributed by atoms with E-state index in [1.807, 2.05) is 0 Å². The number of carbonyl (C=O) groups is 1. The fourth-order valence-electron chi connectivity index (χ4n) is 2.66. The number of aryl methyl sites for hydroxylation is 1. The highest BCUT2D eigenvalue weighted by Crippen LogP contribution is 2.24. The molecule has 0 aliphatic carbocycles. The van der Waals surface area contributed by atoms with Crippen LogP contribution in [0.25, 0.3) is 0 Å². The molecule has 7 nitrogen and oxygen atoms in total. The standard InChI is InChI=1S/C17H19F2N5O2/c1-11-10-12(2-4-14(11)26-17(18)19)21-16(25)13-3-5-15(23-22-13)24-8-6-20-7-9-24/h2-5,10,17,20H,6-9H2,1H3,(H,21,25). The molecule has 2 heterocycles. The molecule has 3 rings (SSSR count). The van der Waals surface area contributed by atoms with E-state index >= 15 is 0 Å². The zero-order chi connectivity index (χ0) is 18.5. The Morgan fingerprint density at radius 1 is 1.23 bits per heavy atom. The first-order chi connectivity index (χ1) is 12.5. The molecular weight excluding hydrogens is 344 g/mol. The Hall–Kier alpha value is -2.81. The fraction of sp³-hybridized carbons (Fsp3) is 0.353. The largest absolute Gasteiger partial charge is 0.435 e. The first-order valence-corrected chi connectivity index (χ1v) is 8.19. The summed E-state index contributed by atoms with van der Waals surface area (Å²) in [5, 5.41) is 14.0. The maximum absolute atomic E-state index is 12.3. The van der Waals surface area contributed by atoms with Crippen LogP contribution < -0.4 is 20.3 Å². The second-order valence-electron chi connectivity index (χ2n) is 5.83. The number of rotatable bonds is 5. The van der Waals surface area contributed by atoms with Crippen LogP contribution in [0.5, 0.6) is 5.75 Å². The molecule has 9 heteroatoms. The van der Waals surface area contributed by atoms with Crippen molar-refractivity contribution >= 4 is 17.4 Å². The van der Waals surface area contributed by atoms with Crippen molar-refractivity contribution in [2.24, 2.45) is 0 Å². The summed E-state index contributed by atoms with van der Waals surface area (Å²) in [7, 11) is 0. The van der Waals surface area contributed by atoms with Gasteiger partial charge in [-0.05, 0) is 42.8 Å². The van der Waals surface area contributed by atoms with Crippen molar-refractivity contribution in [3.05, 3.63) is 41.6 Å². The Bertz CT molecular complexity index is 764. The van der Waals surface area contributed by atoms with Crippen LogP contribution in [0.1, 0.15) is 16.1 Å². The van der Waals surface area contributed by atoms with Crippen molar-refractivity contribution < 1.29 is 18.3 Å². The van der Waals surface area contributed by atoms with Gasteiger partial charge in [-0.25, -0.2) is 0 Å². The molecule has 1 aliphatic heterocycles. The van der Waals surface area contributed by atoms with Crippen LogP contribution in [0.4, 0.5) is 20.3 Å². The lowest BCUT2D eigenvalue weighted by atomic mass is 10.2. The molecule has 1 amide bonds. The number of benzene rings is 1. The second-order valence-corrected chi connectivity index (χ2v) is 5.83. The molecule has 0 spiro atoms. The van der Waals surface area contributed by atoms with E-state index in [-0.39, 0.29) is 11.4 Å². The monoisotopic (exact) mass is 363 g/mol. The first kappa shape index (κ1) is 18.0. The molecule has 0 radical (unpaired) electrons. The lowest BCUT2D eigenvalue weighted by Crippen LogP contribution is -2.44. The van der Waals surface area contributed by atoms with Crippen molar-refractivity contribution in [1.82, 2.24) is 15.5 Å². The van der Waals surface area contributed by atoms with Gasteiger partial charge in [0, 0.05) is 31.9 Å². The molecular formula is C17H19F2N5O2. The van der Waals surface area contributed by atoms with Gasteiger partial charge in [-0.3, -0.25) is 4.79 Å². The number of nitrogens with zero attached hydrogens (tertiary/aromatic N) is 3. The molecule has 0 bridgehead atoms. The maximum Gasteiger partial charge on any atom is 0.387 e. The van der Waals surface area contributed by atoms with E-state index < -0.39 is 12.5 Å². The molecule has 1 saturated heterocycles. The molecule has 2 aromatic rings. The maximum atomic E-state index is 12.3. The van der Waals surface area contributed by atoms with E-state index in [0.717, 1.165) is 32.0 Å². The predicted molar refractivity (Wildman–Crippen MR) is 92.9 cm³/mol. The van der Waals surface area contributed by atoms with Crippen molar-refractivity contribution in [3.8, 4) is 5.75 Å². The Morgan fingerprint density at radius 2 is 2.00 bits per heavy atom. The highest BCUT2D eigenvalue weighted by Gasteiger charge is 2.15. The normalized spacial score (nSPS) is 14.4. The third-order valence-corrected chi connectivity index (χ3v) is 3.97. The van der Waals surface area contributed by atoms with E-state index in [9.17, 15) is 13.6 Å². The predicted octanol–water partition coefficient (Wildman–Crippen LogP) is 2.05. The minimum Gasteiger partial charge on any atom is -0.435 e. The smallest absolute Gasteiger partial charge is 0.387 e. The van der Waals surface area contributed by atoms with Crippen LogP contribution in [0, 0.1) is 6.92 Å². The van der Waals surface area contributed by atoms with Gasteiger partial charge in [0.1, 0.15) is 5.75 Å². The molecule has 0 unspecified atom stereocenters. The summed E-state index contributed by atoms with van der Waals surface area (Å²) in [6.07, 6.45) is 0. The molecule has 138 valence electrons. The zero-order valence-electron chi connectivity index (χ0n) is 14.2. The van der Waals surface area contributed by atoms with E-state index in [2.05, 4.69) is 30.5 Å². The average Bonchev–Trinajstić information content (AvgIpc) is 2.64. The van der Waals surface area contributed by atoms with Gasteiger partial charge in [0.05, 0.1) is 0 Å². The van der Waals surface area contributed by atoms with Crippen LogP contribution in [-0.4, -0.2) is 48.9 Å². The Balaban J connectivity index is 1.65. The van der Waals surface area contributed by atoms with Crippen LogP contribution >= 0.6 is 0 Å². The van der Waals surface area contributed by atoms with Gasteiger partial charge >= 0.3 is 6.61 Å². The van der Waals surface area contributed by atoms with Crippen LogP contribution in [0.15, 0.2) is 30.3 Å². The van der Waals surface area contributed by atoms with Crippen LogP contribution in [0.2, 0.25) is 0 Å². The number of alkyl halides is 2. The van der Waals surface area contributed by atoms with Gasteiger partial charge in [-0.2, -0.15) is 8.78 Å². The van der Waals surface area contributed by atoms with Gasteiger partial charge in [0.25, 0.3) is 5.91 Å². The number of hydrogen-bond donors (Lipinski definition) is 2. The molecule has 0 atom stereocenters. The Labute approximate surface area is 149 Å². The van der Waals surface area contributed by atoms with Gasteiger partial charge in [0.2, 0.25) is 0 Å². The number of carbonyl (C=O) groups excluding carboxylic acids is 1. The van der Waals surface area contributed by atoms with Gasteiger partial charge < -0.3 is 20.3 Å². The number of halogens is 2. The summed E-state index contributed by atoms with van der Waals surface area (Å²) in [6.45, 7) is 2.18. The van der Waals surface area contributed by atoms with E-state index in [1.165, 1.54) is 12.1 Å². The number of piperazine rings is 1. The number of amides is 1. The average molecular weight is 363 g/mol. The lowest BCUT2D eigenvalue weighted by molar-refractivity contribution is -0.0502. The number of hydrogen-bond acceptors (Lipinski definition) is 6. The summed E-state index contributed by atoms with van der Waals surface area (Å²) < 4.78 is 29.0. The second kappa shape index (κ2) is 8.05. The number of nitrogens with one attached hydrogen (secondary N) is 2. The van der Waals surface area contributed by atoms with Gasteiger partial charge in [-0.1, -0.05) is 0 Å². The fourth-order valence-corrected chi connectivity index (χ4v) is 2.66. The zero-order valence-corrected chi connectivity index (χ0v) is 14.2. The van der Waals surface area contributed by atoms with Crippen LogP contribution in [-0.2, 0) is 0 Å². The molecule has 2 N–H and O–H groups in total. The summed E-state index contributed by atoms with van der Waals surface area (Å²) in [6, 6.07) is 7.80. The summed E-state index contributed by atoms with van der Waals surface area (Å²) in [4.78, 5) is 14.4. The van der Waals surface area contributed by atoms with Gasteiger partial charge in [0.15, 0.2) is 11.5 Å². The molecule has 26 heavy (non-hydrogen) atoms. The van der Waals surface area contributed by atoms with Gasteiger partial charge in [-0.15, -0.1) is 10.2 Å².